The Balaban J connectivity index is 1.65. The number of benzene rings is 2. The minimum atomic E-state index is -0.484. The van der Waals surface area contributed by atoms with E-state index in [0.29, 0.717) is 16.8 Å². The van der Waals surface area contributed by atoms with Crippen LogP contribution in [0.5, 0.6) is 5.75 Å². The first-order valence-electron chi connectivity index (χ1n) is 12.0. The third-order valence-corrected chi connectivity index (χ3v) is 7.57. The first-order valence-corrected chi connectivity index (χ1v) is 13.2. The number of hydrogen-bond donors (Lipinski definition) is 0. The van der Waals surface area contributed by atoms with Crippen LogP contribution in [0, 0.1) is 11.3 Å². The van der Waals surface area contributed by atoms with Crippen molar-refractivity contribution in [2.75, 3.05) is 12.0 Å². The van der Waals surface area contributed by atoms with Crippen molar-refractivity contribution in [1.29, 1.82) is 5.26 Å². The number of ether oxygens (including phenoxy) is 1. The lowest BCUT2D eigenvalue weighted by molar-refractivity contribution is 0.0993. The molecular formula is C29H24BrClN4O3. The quantitative estimate of drug-likeness (QED) is 0.263. The van der Waals surface area contributed by atoms with E-state index < -0.39 is 6.04 Å². The van der Waals surface area contributed by atoms with Crippen LogP contribution in [0.2, 0.25) is 5.02 Å². The van der Waals surface area contributed by atoms with Gasteiger partial charge in [0, 0.05) is 12.2 Å². The molecular weight excluding hydrogens is 568 g/mol. The molecule has 7 nitrogen and oxygen atoms in total. The average molecular weight is 592 g/mol. The fraction of sp³-hybridized carbons (Fsp3) is 0.207. The lowest BCUT2D eigenvalue weighted by Crippen LogP contribution is -2.32. The number of methoxy groups -OCH3 is 1. The van der Waals surface area contributed by atoms with Gasteiger partial charge >= 0.3 is 0 Å². The van der Waals surface area contributed by atoms with Gasteiger partial charge in [-0.05, 0) is 77.3 Å². The summed E-state index contributed by atoms with van der Waals surface area (Å²) in [7, 11) is 1.60. The van der Waals surface area contributed by atoms with Gasteiger partial charge in [0.15, 0.2) is 0 Å². The van der Waals surface area contributed by atoms with Crippen molar-refractivity contribution in [3.05, 3.63) is 115 Å². The van der Waals surface area contributed by atoms with E-state index in [2.05, 4.69) is 40.4 Å². The maximum atomic E-state index is 13.9. The fourth-order valence-electron chi connectivity index (χ4n) is 4.93. The van der Waals surface area contributed by atoms with Gasteiger partial charge in [-0.2, -0.15) is 5.26 Å². The average Bonchev–Trinajstić information content (AvgIpc) is 3.39. The van der Waals surface area contributed by atoms with Crippen molar-refractivity contribution in [2.45, 2.75) is 32.5 Å². The van der Waals surface area contributed by atoms with Gasteiger partial charge < -0.3 is 13.9 Å². The maximum absolute atomic E-state index is 13.9. The molecule has 0 aliphatic carbocycles. The summed E-state index contributed by atoms with van der Waals surface area (Å²) in [6.07, 6.45) is 1.67. The number of nitriles is 1. The number of aromatic nitrogens is 2. The summed E-state index contributed by atoms with van der Waals surface area (Å²) in [6, 6.07) is 19.7. The Morgan fingerprint density at radius 1 is 1.08 bits per heavy atom. The molecule has 192 valence electrons. The summed E-state index contributed by atoms with van der Waals surface area (Å²) in [5, 5.41) is 9.32. The molecule has 0 N–H and O–H groups in total. The SMILES string of the molecule is COc1ccc(Cn2cc(N3C(=O)c4cc(Br)n(C(C)C)c4C3c3ccc(C#N)cc3)cc(Cl)c2=O)cc1. The standard InChI is InChI=1S/C29H24BrClN4O3/c1-17(2)34-25(30)13-23-27(34)26(20-8-4-18(14-32)5-9-20)35(28(23)36)21-12-24(31)29(37)33(16-21)15-19-6-10-22(38-3)11-7-19/h4-13,16-17,26H,15H2,1-3H3. The van der Waals surface area contributed by atoms with Gasteiger partial charge in [-0.25, -0.2) is 0 Å². The van der Waals surface area contributed by atoms with Crippen LogP contribution in [0.3, 0.4) is 0 Å². The third kappa shape index (κ3) is 4.42. The van der Waals surface area contributed by atoms with Crippen molar-refractivity contribution < 1.29 is 9.53 Å². The van der Waals surface area contributed by atoms with Crippen LogP contribution in [0.4, 0.5) is 5.69 Å². The van der Waals surface area contributed by atoms with Gasteiger partial charge in [0.2, 0.25) is 0 Å². The number of carbonyl (C=O) groups is 1. The Labute approximate surface area is 233 Å². The zero-order valence-electron chi connectivity index (χ0n) is 21.0. The highest BCUT2D eigenvalue weighted by Crippen LogP contribution is 2.45. The summed E-state index contributed by atoms with van der Waals surface area (Å²) in [5.74, 6) is 0.524. The van der Waals surface area contributed by atoms with E-state index >= 15 is 0 Å². The molecule has 0 radical (unpaired) electrons. The molecule has 38 heavy (non-hydrogen) atoms. The molecule has 0 saturated carbocycles. The summed E-state index contributed by atoms with van der Waals surface area (Å²) in [6.45, 7) is 4.39. The summed E-state index contributed by atoms with van der Waals surface area (Å²) >= 11 is 10.1. The second-order valence-corrected chi connectivity index (χ2v) is 10.6. The van der Waals surface area contributed by atoms with Crippen LogP contribution in [0.25, 0.3) is 0 Å². The van der Waals surface area contributed by atoms with Crippen molar-refractivity contribution >= 4 is 39.1 Å². The molecule has 0 bridgehead atoms. The number of anilines is 1. The number of amides is 1. The Morgan fingerprint density at radius 3 is 2.37 bits per heavy atom. The first kappa shape index (κ1) is 25.8. The number of rotatable bonds is 6. The van der Waals surface area contributed by atoms with E-state index in [9.17, 15) is 14.9 Å². The molecule has 1 aliphatic heterocycles. The highest BCUT2D eigenvalue weighted by atomic mass is 79.9. The number of halogens is 2. The minimum Gasteiger partial charge on any atom is -0.497 e. The molecule has 0 spiro atoms. The molecule has 1 aliphatic rings. The Hall–Kier alpha value is -3.80. The van der Waals surface area contributed by atoms with Gasteiger partial charge in [0.1, 0.15) is 16.8 Å². The van der Waals surface area contributed by atoms with Crippen LogP contribution < -0.4 is 15.2 Å². The zero-order valence-corrected chi connectivity index (χ0v) is 23.3. The van der Waals surface area contributed by atoms with Crippen LogP contribution in [0.15, 0.2) is 76.3 Å². The van der Waals surface area contributed by atoms with Crippen molar-refractivity contribution in [3.8, 4) is 11.8 Å². The number of nitrogens with zero attached hydrogens (tertiary/aromatic N) is 4. The minimum absolute atomic E-state index is 0.0203. The lowest BCUT2D eigenvalue weighted by Gasteiger charge is -2.29. The second-order valence-electron chi connectivity index (χ2n) is 9.37. The van der Waals surface area contributed by atoms with E-state index in [1.807, 2.05) is 42.5 Å². The number of pyridine rings is 1. The number of fused-ring (bicyclic) bond motifs is 1. The summed E-state index contributed by atoms with van der Waals surface area (Å²) < 4.78 is 9.64. The van der Waals surface area contributed by atoms with Crippen LogP contribution in [-0.2, 0) is 6.54 Å². The molecule has 1 unspecified atom stereocenters. The van der Waals surface area contributed by atoms with E-state index in [4.69, 9.17) is 16.3 Å². The maximum Gasteiger partial charge on any atom is 0.269 e. The van der Waals surface area contributed by atoms with Crippen molar-refractivity contribution in [1.82, 2.24) is 9.13 Å². The normalized spacial score (nSPS) is 14.6. The molecule has 4 aromatic rings. The number of hydrogen-bond acceptors (Lipinski definition) is 4. The molecule has 0 fully saturated rings. The molecule has 3 heterocycles. The van der Waals surface area contributed by atoms with Gasteiger partial charge in [0.25, 0.3) is 11.5 Å². The van der Waals surface area contributed by atoms with Crippen LogP contribution in [-0.4, -0.2) is 22.2 Å². The molecule has 9 heteroatoms. The molecule has 1 amide bonds. The van der Waals surface area contributed by atoms with E-state index in [0.717, 1.165) is 27.2 Å². The molecule has 2 aromatic heterocycles. The lowest BCUT2D eigenvalue weighted by atomic mass is 10.0. The van der Waals surface area contributed by atoms with Gasteiger partial charge in [0.05, 0.1) is 46.8 Å². The Kier molecular flexibility index (Phi) is 6.91. The van der Waals surface area contributed by atoms with E-state index in [1.54, 1.807) is 36.4 Å². The molecule has 5 rings (SSSR count). The Morgan fingerprint density at radius 2 is 1.76 bits per heavy atom. The zero-order chi connectivity index (χ0) is 27.1. The van der Waals surface area contributed by atoms with E-state index in [-0.39, 0.29) is 29.1 Å². The van der Waals surface area contributed by atoms with Gasteiger partial charge in [-0.15, -0.1) is 0 Å². The third-order valence-electron chi connectivity index (χ3n) is 6.69. The molecule has 0 saturated heterocycles. The smallest absolute Gasteiger partial charge is 0.269 e. The Bertz CT molecular complexity index is 1630. The highest BCUT2D eigenvalue weighted by molar-refractivity contribution is 9.10. The topological polar surface area (TPSA) is 80.3 Å². The van der Waals surface area contributed by atoms with Gasteiger partial charge in [-0.3, -0.25) is 14.5 Å². The summed E-state index contributed by atoms with van der Waals surface area (Å²) in [4.78, 5) is 28.6. The summed E-state index contributed by atoms with van der Waals surface area (Å²) in [5.41, 5.74) is 3.82. The van der Waals surface area contributed by atoms with Crippen molar-refractivity contribution in [3.63, 3.8) is 0 Å². The van der Waals surface area contributed by atoms with Crippen LogP contribution >= 0.6 is 27.5 Å². The van der Waals surface area contributed by atoms with Gasteiger partial charge in [-0.1, -0.05) is 35.9 Å². The second kappa shape index (κ2) is 10.2. The van der Waals surface area contributed by atoms with Crippen molar-refractivity contribution in [2.24, 2.45) is 0 Å². The number of carbonyl (C=O) groups excluding carboxylic acids is 1. The van der Waals surface area contributed by atoms with Crippen LogP contribution in [0.1, 0.15) is 58.7 Å². The largest absolute Gasteiger partial charge is 0.497 e. The highest BCUT2D eigenvalue weighted by Gasteiger charge is 2.43. The predicted molar refractivity (Wildman–Crippen MR) is 150 cm³/mol. The monoisotopic (exact) mass is 590 g/mol. The first-order chi connectivity index (χ1) is 18.2. The predicted octanol–water partition coefficient (Wildman–Crippen LogP) is 6.32. The molecule has 2 aromatic carbocycles. The van der Waals surface area contributed by atoms with E-state index in [1.165, 1.54) is 4.57 Å². The molecule has 1 atom stereocenters. The fourth-order valence-corrected chi connectivity index (χ4v) is 5.98.